The Morgan fingerprint density at radius 3 is 2.75 bits per heavy atom. The van der Waals surface area contributed by atoms with Gasteiger partial charge in [0.1, 0.15) is 5.78 Å². The minimum atomic E-state index is -0.398. The first-order valence-corrected chi connectivity index (χ1v) is 8.11. The molecule has 5 heteroatoms. The summed E-state index contributed by atoms with van der Waals surface area (Å²) >= 11 is 0. The molecular formula is C19H23N2O3+. The molecule has 0 aromatic carbocycles. The molecule has 5 nitrogen and oxygen atoms in total. The second-order valence-electron chi connectivity index (χ2n) is 7.18. The quantitative estimate of drug-likeness (QED) is 0.845. The first kappa shape index (κ1) is 16.4. The predicted molar refractivity (Wildman–Crippen MR) is 88.6 cm³/mol. The molecule has 1 aromatic heterocycles. The second kappa shape index (κ2) is 5.89. The maximum atomic E-state index is 12.9. The summed E-state index contributed by atoms with van der Waals surface area (Å²) in [5.74, 6) is -0.976. The summed E-state index contributed by atoms with van der Waals surface area (Å²) in [5.41, 5.74) is 2.86. The number of fused-ring (bicyclic) bond motifs is 1. The van der Waals surface area contributed by atoms with Gasteiger partial charge >= 0.3 is 5.97 Å². The fourth-order valence-electron chi connectivity index (χ4n) is 3.81. The summed E-state index contributed by atoms with van der Waals surface area (Å²) in [6.45, 7) is 5.96. The molecule has 126 valence electrons. The van der Waals surface area contributed by atoms with E-state index in [0.29, 0.717) is 12.0 Å². The van der Waals surface area contributed by atoms with E-state index in [2.05, 4.69) is 30.2 Å². The van der Waals surface area contributed by atoms with Gasteiger partial charge in [0.05, 0.1) is 18.6 Å². The Kier molecular flexibility index (Phi) is 4.03. The number of allylic oxidation sites excluding steroid dienone is 3. The summed E-state index contributed by atoms with van der Waals surface area (Å²) in [4.78, 5) is 28.4. The number of carbonyl (C=O) groups excluding carboxylic acids is 2. The summed E-state index contributed by atoms with van der Waals surface area (Å²) in [5, 5.41) is 3.28. The highest BCUT2D eigenvalue weighted by atomic mass is 16.5. The maximum absolute atomic E-state index is 12.9. The van der Waals surface area contributed by atoms with Crippen LogP contribution in [0.25, 0.3) is 0 Å². The molecule has 0 saturated heterocycles. The van der Waals surface area contributed by atoms with Gasteiger partial charge in [0.25, 0.3) is 0 Å². The van der Waals surface area contributed by atoms with Gasteiger partial charge < -0.3 is 10.1 Å². The molecule has 3 rings (SSSR count). The van der Waals surface area contributed by atoms with Gasteiger partial charge in [0, 0.05) is 35.4 Å². The van der Waals surface area contributed by atoms with Gasteiger partial charge in [-0.1, -0.05) is 19.9 Å². The Morgan fingerprint density at radius 1 is 1.38 bits per heavy atom. The number of hydrogen-bond acceptors (Lipinski definition) is 4. The number of pyridine rings is 1. The van der Waals surface area contributed by atoms with Gasteiger partial charge in [0.2, 0.25) is 0 Å². The summed E-state index contributed by atoms with van der Waals surface area (Å²) < 4.78 is 4.99. The van der Waals surface area contributed by atoms with E-state index in [9.17, 15) is 9.59 Å². The van der Waals surface area contributed by atoms with Gasteiger partial charge in [-0.15, -0.1) is 0 Å². The number of Topliss-reactive ketones (excluding diaryl/α,β-unsaturated/α-hetero) is 1. The first-order chi connectivity index (χ1) is 11.3. The zero-order chi connectivity index (χ0) is 17.5. The Hall–Kier alpha value is -2.43. The van der Waals surface area contributed by atoms with Gasteiger partial charge in [-0.2, -0.15) is 0 Å². The van der Waals surface area contributed by atoms with E-state index in [1.165, 1.54) is 7.11 Å². The highest BCUT2D eigenvalue weighted by molar-refractivity contribution is 5.96. The number of carbonyl (C=O) groups is 2. The van der Waals surface area contributed by atoms with Crippen molar-refractivity contribution in [2.24, 2.45) is 11.3 Å². The van der Waals surface area contributed by atoms with E-state index in [1.807, 2.05) is 31.5 Å². The van der Waals surface area contributed by atoms with Crippen LogP contribution in [0.15, 0.2) is 47.6 Å². The number of hydrogen-bond donors (Lipinski definition) is 1. The Balaban J connectivity index is 2.21. The number of ketones is 1. The third-order valence-electron chi connectivity index (χ3n) is 4.73. The molecule has 0 amide bonds. The number of H-pyrrole nitrogens is 1. The molecule has 24 heavy (non-hydrogen) atoms. The van der Waals surface area contributed by atoms with Gasteiger partial charge in [-0.25, -0.2) is 9.78 Å². The van der Waals surface area contributed by atoms with Crippen molar-refractivity contribution in [2.45, 2.75) is 33.1 Å². The van der Waals surface area contributed by atoms with Gasteiger partial charge in [-0.3, -0.25) is 4.79 Å². The third-order valence-corrected chi connectivity index (χ3v) is 4.73. The lowest BCUT2D eigenvalue weighted by atomic mass is 9.66. The average Bonchev–Trinajstić information content (AvgIpc) is 2.52. The van der Waals surface area contributed by atoms with Crippen molar-refractivity contribution >= 4 is 11.8 Å². The number of esters is 1. The lowest BCUT2D eigenvalue weighted by molar-refractivity contribution is -0.378. The summed E-state index contributed by atoms with van der Waals surface area (Å²) in [6, 6.07) is 3.82. The molecule has 2 atom stereocenters. The van der Waals surface area contributed by atoms with Crippen LogP contribution in [0.3, 0.4) is 0 Å². The van der Waals surface area contributed by atoms with Crippen molar-refractivity contribution in [3.63, 3.8) is 0 Å². The molecule has 2 unspecified atom stereocenters. The fourth-order valence-corrected chi connectivity index (χ4v) is 3.81. The van der Waals surface area contributed by atoms with Crippen molar-refractivity contribution in [3.05, 3.63) is 53.1 Å². The SMILES string of the molecule is COC(=O)C1=C(C)NC2=CC(C)(C)CC(=O)C2C1c1ccc[nH+]c1. The molecule has 0 bridgehead atoms. The van der Waals surface area contributed by atoms with Crippen LogP contribution in [-0.2, 0) is 14.3 Å². The summed E-state index contributed by atoms with van der Waals surface area (Å²) in [7, 11) is 1.37. The van der Waals surface area contributed by atoms with E-state index in [1.54, 1.807) is 0 Å². The number of ether oxygens (including phenoxy) is 1. The fraction of sp³-hybridized carbons (Fsp3) is 0.421. The molecule has 1 aliphatic carbocycles. The zero-order valence-electron chi connectivity index (χ0n) is 14.5. The van der Waals surface area contributed by atoms with Crippen LogP contribution in [-0.4, -0.2) is 18.9 Å². The molecule has 2 heterocycles. The highest BCUT2D eigenvalue weighted by Crippen LogP contribution is 2.46. The van der Waals surface area contributed by atoms with Crippen LogP contribution in [0.1, 0.15) is 38.7 Å². The van der Waals surface area contributed by atoms with Crippen molar-refractivity contribution in [3.8, 4) is 0 Å². The van der Waals surface area contributed by atoms with E-state index >= 15 is 0 Å². The number of nitrogens with one attached hydrogen (secondary N) is 2. The molecule has 0 spiro atoms. The third kappa shape index (κ3) is 2.75. The van der Waals surface area contributed by atoms with Crippen molar-refractivity contribution in [1.29, 1.82) is 0 Å². The number of aromatic amines is 1. The largest absolute Gasteiger partial charge is 0.466 e. The second-order valence-corrected chi connectivity index (χ2v) is 7.18. The van der Waals surface area contributed by atoms with E-state index < -0.39 is 5.97 Å². The monoisotopic (exact) mass is 327 g/mol. The number of methoxy groups -OCH3 is 1. The Bertz CT molecular complexity index is 747. The highest BCUT2D eigenvalue weighted by Gasteiger charge is 2.46. The van der Waals surface area contributed by atoms with Crippen molar-refractivity contribution < 1.29 is 19.3 Å². The van der Waals surface area contributed by atoms with Crippen LogP contribution >= 0.6 is 0 Å². The lowest BCUT2D eigenvalue weighted by Crippen LogP contribution is -2.43. The molecule has 0 fully saturated rings. The Labute approximate surface area is 141 Å². The molecule has 1 aliphatic heterocycles. The van der Waals surface area contributed by atoms with Crippen molar-refractivity contribution in [1.82, 2.24) is 5.32 Å². The van der Waals surface area contributed by atoms with E-state index in [4.69, 9.17) is 4.74 Å². The lowest BCUT2D eigenvalue weighted by Gasteiger charge is -2.40. The molecule has 2 N–H and O–H groups in total. The van der Waals surface area contributed by atoms with Crippen LogP contribution in [0.5, 0.6) is 0 Å². The van der Waals surface area contributed by atoms with E-state index in [-0.39, 0.29) is 23.0 Å². The molecule has 0 radical (unpaired) electrons. The Morgan fingerprint density at radius 2 is 2.12 bits per heavy atom. The molecule has 2 aliphatic rings. The van der Waals surface area contributed by atoms with Crippen LogP contribution in [0.4, 0.5) is 0 Å². The first-order valence-electron chi connectivity index (χ1n) is 8.11. The number of rotatable bonds is 2. The topological polar surface area (TPSA) is 69.5 Å². The van der Waals surface area contributed by atoms with Crippen molar-refractivity contribution in [2.75, 3.05) is 7.11 Å². The van der Waals surface area contributed by atoms with Gasteiger partial charge in [-0.05, 0) is 18.4 Å². The number of aromatic nitrogens is 1. The van der Waals surface area contributed by atoms with Crippen LogP contribution in [0, 0.1) is 11.3 Å². The standard InChI is InChI=1S/C19H22N2O3/c1-11-15(18(23)24-4)16(12-6-5-7-20-10-12)17-13(21-11)8-19(2,3)9-14(17)22/h5-8,10,16-17,21H,9H2,1-4H3/p+1. The average molecular weight is 327 g/mol. The summed E-state index contributed by atoms with van der Waals surface area (Å²) in [6.07, 6.45) is 6.23. The minimum absolute atomic E-state index is 0.146. The smallest absolute Gasteiger partial charge is 0.336 e. The molecule has 1 aromatic rings. The maximum Gasteiger partial charge on any atom is 0.336 e. The van der Waals surface area contributed by atoms with E-state index in [0.717, 1.165) is 17.0 Å². The predicted octanol–water partition coefficient (Wildman–Crippen LogP) is 2.13. The molecular weight excluding hydrogens is 304 g/mol. The zero-order valence-corrected chi connectivity index (χ0v) is 14.5. The van der Waals surface area contributed by atoms with Crippen LogP contribution < -0.4 is 10.3 Å². The normalized spacial score (nSPS) is 25.5. The minimum Gasteiger partial charge on any atom is -0.466 e. The molecule has 0 saturated carbocycles. The van der Waals surface area contributed by atoms with Gasteiger partial charge in [0.15, 0.2) is 12.4 Å². The van der Waals surface area contributed by atoms with Crippen LogP contribution in [0.2, 0.25) is 0 Å².